The van der Waals surface area contributed by atoms with Gasteiger partial charge in [-0.05, 0) is 57.2 Å². The third-order valence-corrected chi connectivity index (χ3v) is 4.97. The molecule has 0 saturated carbocycles. The lowest BCUT2D eigenvalue weighted by Crippen LogP contribution is -2.34. The van der Waals surface area contributed by atoms with Crippen LogP contribution in [0, 0.1) is 19.8 Å². The van der Waals surface area contributed by atoms with E-state index in [9.17, 15) is 0 Å². The summed E-state index contributed by atoms with van der Waals surface area (Å²) in [6, 6.07) is 7.31. The molecule has 20 heavy (non-hydrogen) atoms. The molecule has 3 rings (SSSR count). The van der Waals surface area contributed by atoms with E-state index < -0.39 is 0 Å². The van der Waals surface area contributed by atoms with Crippen LogP contribution in [0.1, 0.15) is 55.3 Å². The third kappa shape index (κ3) is 2.64. The molecule has 4 atom stereocenters. The van der Waals surface area contributed by atoms with Crippen molar-refractivity contribution >= 4 is 0 Å². The minimum absolute atomic E-state index is 0.463. The standard InChI is InChI=1S/C18H27NO/c1-4-9-19-18(15-10-12(2)5-6-13(15)3)16-11-14-7-8-17(16)20-14/h5-6,10,14,16-19H,4,7-9,11H2,1-3H3. The van der Waals surface area contributed by atoms with Gasteiger partial charge in [0.2, 0.25) is 0 Å². The van der Waals surface area contributed by atoms with Crippen molar-refractivity contribution in [3.63, 3.8) is 0 Å². The van der Waals surface area contributed by atoms with Crippen LogP contribution in [-0.4, -0.2) is 18.8 Å². The van der Waals surface area contributed by atoms with Gasteiger partial charge in [-0.1, -0.05) is 30.7 Å². The zero-order chi connectivity index (χ0) is 14.1. The van der Waals surface area contributed by atoms with Crippen molar-refractivity contribution < 1.29 is 4.74 Å². The summed E-state index contributed by atoms with van der Waals surface area (Å²) in [4.78, 5) is 0. The highest BCUT2D eigenvalue weighted by Crippen LogP contribution is 2.45. The van der Waals surface area contributed by atoms with Crippen LogP contribution in [0.3, 0.4) is 0 Å². The molecule has 110 valence electrons. The number of hydrogen-bond donors (Lipinski definition) is 1. The molecule has 2 heteroatoms. The van der Waals surface area contributed by atoms with Gasteiger partial charge in [-0.3, -0.25) is 0 Å². The Balaban J connectivity index is 1.87. The largest absolute Gasteiger partial charge is 0.375 e. The van der Waals surface area contributed by atoms with Crippen LogP contribution in [0.2, 0.25) is 0 Å². The Bertz CT molecular complexity index is 470. The SMILES string of the molecule is CCCNC(c1cc(C)ccc1C)C1CC2CCC1O2. The number of ether oxygens (including phenoxy) is 1. The maximum absolute atomic E-state index is 6.10. The number of fused-ring (bicyclic) bond motifs is 2. The lowest BCUT2D eigenvalue weighted by molar-refractivity contribution is 0.0856. The van der Waals surface area contributed by atoms with E-state index in [4.69, 9.17) is 4.74 Å². The second kappa shape index (κ2) is 5.87. The van der Waals surface area contributed by atoms with Crippen LogP contribution in [0.15, 0.2) is 18.2 Å². The van der Waals surface area contributed by atoms with E-state index in [0.717, 1.165) is 6.54 Å². The molecule has 2 saturated heterocycles. The van der Waals surface area contributed by atoms with Crippen LogP contribution in [-0.2, 0) is 4.74 Å². The van der Waals surface area contributed by atoms with Gasteiger partial charge in [0.1, 0.15) is 0 Å². The predicted octanol–water partition coefficient (Wildman–Crippen LogP) is 3.91. The van der Waals surface area contributed by atoms with Gasteiger partial charge in [0.25, 0.3) is 0 Å². The Labute approximate surface area is 122 Å². The Morgan fingerprint density at radius 3 is 2.80 bits per heavy atom. The van der Waals surface area contributed by atoms with E-state index in [1.807, 2.05) is 0 Å². The van der Waals surface area contributed by atoms with Gasteiger partial charge >= 0.3 is 0 Å². The zero-order valence-electron chi connectivity index (χ0n) is 13.0. The second-order valence-corrected chi connectivity index (χ2v) is 6.57. The Morgan fingerprint density at radius 1 is 1.30 bits per heavy atom. The molecule has 4 unspecified atom stereocenters. The molecule has 2 bridgehead atoms. The van der Waals surface area contributed by atoms with Gasteiger partial charge in [0.05, 0.1) is 12.2 Å². The molecule has 0 spiro atoms. The third-order valence-electron chi connectivity index (χ3n) is 4.97. The van der Waals surface area contributed by atoms with Gasteiger partial charge in [0, 0.05) is 12.0 Å². The maximum atomic E-state index is 6.10. The predicted molar refractivity (Wildman–Crippen MR) is 83.0 cm³/mol. The normalized spacial score (nSPS) is 29.9. The molecule has 0 aliphatic carbocycles. The number of benzene rings is 1. The highest BCUT2D eigenvalue weighted by molar-refractivity contribution is 5.34. The second-order valence-electron chi connectivity index (χ2n) is 6.57. The van der Waals surface area contributed by atoms with E-state index in [-0.39, 0.29) is 0 Å². The highest BCUT2D eigenvalue weighted by Gasteiger charge is 2.44. The molecule has 2 aliphatic rings. The van der Waals surface area contributed by atoms with Crippen molar-refractivity contribution in [2.45, 2.75) is 64.7 Å². The van der Waals surface area contributed by atoms with Gasteiger partial charge in [-0.25, -0.2) is 0 Å². The van der Waals surface area contributed by atoms with Crippen LogP contribution in [0.25, 0.3) is 0 Å². The van der Waals surface area contributed by atoms with Crippen LogP contribution in [0.5, 0.6) is 0 Å². The Morgan fingerprint density at radius 2 is 2.15 bits per heavy atom. The molecular weight excluding hydrogens is 246 g/mol. The van der Waals surface area contributed by atoms with Crippen molar-refractivity contribution in [2.24, 2.45) is 5.92 Å². The summed E-state index contributed by atoms with van der Waals surface area (Å²) in [6.07, 6.45) is 5.96. The first-order valence-corrected chi connectivity index (χ1v) is 8.15. The van der Waals surface area contributed by atoms with E-state index in [1.54, 1.807) is 0 Å². The van der Waals surface area contributed by atoms with Gasteiger partial charge in [-0.2, -0.15) is 0 Å². The molecule has 1 N–H and O–H groups in total. The molecule has 2 fully saturated rings. The first-order valence-electron chi connectivity index (χ1n) is 8.15. The summed E-state index contributed by atoms with van der Waals surface area (Å²) < 4.78 is 6.10. The lowest BCUT2D eigenvalue weighted by Gasteiger charge is -2.31. The number of aryl methyl sites for hydroxylation is 2. The summed E-state index contributed by atoms with van der Waals surface area (Å²) in [6.45, 7) is 7.76. The molecule has 2 aliphatic heterocycles. The Kier molecular flexibility index (Phi) is 4.13. The summed E-state index contributed by atoms with van der Waals surface area (Å²) >= 11 is 0. The van der Waals surface area contributed by atoms with Crippen molar-refractivity contribution in [2.75, 3.05) is 6.54 Å². The molecular formula is C18H27NO. The zero-order valence-corrected chi connectivity index (χ0v) is 13.0. The van der Waals surface area contributed by atoms with Crippen molar-refractivity contribution in [3.8, 4) is 0 Å². The van der Waals surface area contributed by atoms with Crippen LogP contribution >= 0.6 is 0 Å². The number of rotatable bonds is 5. The summed E-state index contributed by atoms with van der Waals surface area (Å²) in [5, 5.41) is 3.80. The van der Waals surface area contributed by atoms with Crippen molar-refractivity contribution in [3.05, 3.63) is 34.9 Å². The van der Waals surface area contributed by atoms with Gasteiger partial charge in [0.15, 0.2) is 0 Å². The number of nitrogens with one attached hydrogen (secondary N) is 1. The minimum Gasteiger partial charge on any atom is -0.375 e. The van der Waals surface area contributed by atoms with Crippen LogP contribution < -0.4 is 5.32 Å². The fraction of sp³-hybridized carbons (Fsp3) is 0.667. The fourth-order valence-electron chi connectivity index (χ4n) is 3.91. The maximum Gasteiger partial charge on any atom is 0.0627 e. The van der Waals surface area contributed by atoms with E-state index in [1.165, 1.54) is 42.4 Å². The lowest BCUT2D eigenvalue weighted by atomic mass is 9.79. The average molecular weight is 273 g/mol. The molecule has 2 heterocycles. The molecule has 0 amide bonds. The number of hydrogen-bond acceptors (Lipinski definition) is 2. The van der Waals surface area contributed by atoms with Gasteiger partial charge in [-0.15, -0.1) is 0 Å². The van der Waals surface area contributed by atoms with Crippen molar-refractivity contribution in [1.82, 2.24) is 5.32 Å². The molecule has 0 radical (unpaired) electrons. The van der Waals surface area contributed by atoms with Crippen molar-refractivity contribution in [1.29, 1.82) is 0 Å². The first kappa shape index (κ1) is 14.1. The topological polar surface area (TPSA) is 21.3 Å². The van der Waals surface area contributed by atoms with E-state index >= 15 is 0 Å². The van der Waals surface area contributed by atoms with Gasteiger partial charge < -0.3 is 10.1 Å². The van der Waals surface area contributed by atoms with Crippen LogP contribution in [0.4, 0.5) is 0 Å². The molecule has 0 aromatic heterocycles. The molecule has 2 nitrogen and oxygen atoms in total. The quantitative estimate of drug-likeness (QED) is 0.878. The average Bonchev–Trinajstić information content (AvgIpc) is 3.05. The first-order chi connectivity index (χ1) is 9.69. The molecule has 1 aromatic carbocycles. The van der Waals surface area contributed by atoms with E-state index in [0.29, 0.717) is 24.2 Å². The fourth-order valence-corrected chi connectivity index (χ4v) is 3.91. The minimum atomic E-state index is 0.463. The van der Waals surface area contributed by atoms with E-state index in [2.05, 4.69) is 44.3 Å². The monoisotopic (exact) mass is 273 g/mol. The smallest absolute Gasteiger partial charge is 0.0627 e. The Hall–Kier alpha value is -0.860. The molecule has 1 aromatic rings. The summed E-state index contributed by atoms with van der Waals surface area (Å²) in [7, 11) is 0. The highest BCUT2D eigenvalue weighted by atomic mass is 16.5. The summed E-state index contributed by atoms with van der Waals surface area (Å²) in [5.74, 6) is 0.654. The summed E-state index contributed by atoms with van der Waals surface area (Å²) in [5.41, 5.74) is 4.25.